The van der Waals surface area contributed by atoms with Gasteiger partial charge in [0.1, 0.15) is 5.60 Å². The number of aryl methyl sites for hydroxylation is 1. The van der Waals surface area contributed by atoms with Crippen LogP contribution in [0.25, 0.3) is 0 Å². The Morgan fingerprint density at radius 3 is 1.97 bits per heavy atom. The van der Waals surface area contributed by atoms with Crippen molar-refractivity contribution < 1.29 is 9.90 Å². The molecular weight excluding hydrogens is 430 g/mol. The Morgan fingerprint density at radius 2 is 1.43 bits per heavy atom. The van der Waals surface area contributed by atoms with E-state index in [1.807, 2.05) is 72.8 Å². The molecule has 4 rings (SSSR count). The average Bonchev–Trinajstić information content (AvgIpc) is 2.92. The molecule has 0 saturated carbocycles. The van der Waals surface area contributed by atoms with Gasteiger partial charge >= 0.3 is 0 Å². The van der Waals surface area contributed by atoms with E-state index in [0.29, 0.717) is 6.42 Å². The number of rotatable bonds is 11. The third-order valence-corrected chi connectivity index (χ3v) is 7.55. The number of likely N-dealkylation sites (tertiary alicyclic amines) is 1. The van der Waals surface area contributed by atoms with Crippen molar-refractivity contribution in [2.45, 2.75) is 57.5 Å². The Bertz CT molecular complexity index is 998. The van der Waals surface area contributed by atoms with Gasteiger partial charge in [0.25, 0.3) is 0 Å². The molecule has 0 aromatic heterocycles. The number of carbonyl (C=O) groups excluding carboxylic acids is 1. The van der Waals surface area contributed by atoms with Crippen LogP contribution in [0.1, 0.15) is 72.5 Å². The number of benzene rings is 3. The van der Waals surface area contributed by atoms with Gasteiger partial charge in [0, 0.05) is 12.0 Å². The number of hydrogen-bond acceptors (Lipinski definition) is 3. The van der Waals surface area contributed by atoms with E-state index in [0.717, 1.165) is 74.8 Å². The lowest BCUT2D eigenvalue weighted by molar-refractivity contribution is -0.0143. The third kappa shape index (κ3) is 6.28. The summed E-state index contributed by atoms with van der Waals surface area (Å²) in [5.41, 5.74) is 3.13. The second-order valence-electron chi connectivity index (χ2n) is 9.94. The van der Waals surface area contributed by atoms with Crippen LogP contribution < -0.4 is 0 Å². The molecule has 3 nitrogen and oxygen atoms in total. The van der Waals surface area contributed by atoms with E-state index in [-0.39, 0.29) is 11.7 Å². The maximum absolute atomic E-state index is 12.5. The SMILES string of the molecule is CCCc1ccc(C(=O)CCCCN2CCC(C(O)(c3ccccc3)c3ccccc3)CC2)cc1. The molecule has 35 heavy (non-hydrogen) atoms. The third-order valence-electron chi connectivity index (χ3n) is 7.55. The Morgan fingerprint density at radius 1 is 0.857 bits per heavy atom. The molecule has 1 aliphatic rings. The number of aliphatic hydroxyl groups is 1. The standard InChI is InChI=1S/C32H39NO2/c1-2-11-26-17-19-27(20-18-26)31(34)16-9-10-23-33-24-21-30(22-25-33)32(35,28-12-5-3-6-13-28)29-14-7-4-8-15-29/h3-8,12-15,17-20,30,35H,2,9-11,16,21-25H2,1H3. The Labute approximate surface area is 210 Å². The zero-order valence-electron chi connectivity index (χ0n) is 21.0. The maximum Gasteiger partial charge on any atom is 0.162 e. The quantitative estimate of drug-likeness (QED) is 0.253. The predicted molar refractivity (Wildman–Crippen MR) is 144 cm³/mol. The Kier molecular flexibility index (Phi) is 8.90. The van der Waals surface area contributed by atoms with Gasteiger partial charge < -0.3 is 10.0 Å². The number of hydrogen-bond donors (Lipinski definition) is 1. The first-order valence-corrected chi connectivity index (χ1v) is 13.3. The minimum atomic E-state index is -0.965. The molecule has 3 aromatic carbocycles. The summed E-state index contributed by atoms with van der Waals surface area (Å²) in [5.74, 6) is 0.434. The van der Waals surface area contributed by atoms with Gasteiger partial charge in [-0.25, -0.2) is 0 Å². The van der Waals surface area contributed by atoms with Gasteiger partial charge in [0.05, 0.1) is 0 Å². The maximum atomic E-state index is 12.5. The number of Topliss-reactive ketones (excluding diaryl/α,β-unsaturated/α-hetero) is 1. The summed E-state index contributed by atoms with van der Waals surface area (Å²) in [6.45, 7) is 5.16. The van der Waals surface area contributed by atoms with Gasteiger partial charge in [-0.3, -0.25) is 4.79 Å². The highest BCUT2D eigenvalue weighted by Crippen LogP contribution is 2.41. The summed E-state index contributed by atoms with van der Waals surface area (Å²) < 4.78 is 0. The van der Waals surface area contributed by atoms with E-state index < -0.39 is 5.60 Å². The van der Waals surface area contributed by atoms with Crippen LogP contribution in [0.15, 0.2) is 84.9 Å². The molecule has 1 fully saturated rings. The molecule has 1 N–H and O–H groups in total. The summed E-state index contributed by atoms with van der Waals surface area (Å²) in [7, 11) is 0. The minimum Gasteiger partial charge on any atom is -0.380 e. The zero-order chi connectivity index (χ0) is 24.5. The fraction of sp³-hybridized carbons (Fsp3) is 0.406. The molecule has 0 bridgehead atoms. The van der Waals surface area contributed by atoms with Crippen LogP contribution >= 0.6 is 0 Å². The average molecular weight is 470 g/mol. The van der Waals surface area contributed by atoms with Crippen LogP contribution in [-0.2, 0) is 12.0 Å². The first kappa shape index (κ1) is 25.3. The second kappa shape index (κ2) is 12.3. The highest BCUT2D eigenvalue weighted by atomic mass is 16.3. The number of unbranched alkanes of at least 4 members (excludes halogenated alkanes) is 1. The summed E-state index contributed by atoms with van der Waals surface area (Å²) >= 11 is 0. The van der Waals surface area contributed by atoms with E-state index >= 15 is 0 Å². The van der Waals surface area contributed by atoms with E-state index in [4.69, 9.17) is 0 Å². The molecule has 0 amide bonds. The Balaban J connectivity index is 1.27. The highest BCUT2D eigenvalue weighted by Gasteiger charge is 2.41. The monoisotopic (exact) mass is 469 g/mol. The fourth-order valence-electron chi connectivity index (χ4n) is 5.51. The summed E-state index contributed by atoms with van der Waals surface area (Å²) in [6, 6.07) is 28.4. The number of carbonyl (C=O) groups is 1. The normalized spacial score (nSPS) is 15.3. The molecule has 0 spiro atoms. The van der Waals surface area contributed by atoms with Gasteiger partial charge in [-0.1, -0.05) is 98.3 Å². The van der Waals surface area contributed by atoms with Crippen LogP contribution in [0.5, 0.6) is 0 Å². The molecule has 184 valence electrons. The van der Waals surface area contributed by atoms with Gasteiger partial charge in [-0.05, 0) is 74.3 Å². The van der Waals surface area contributed by atoms with Crippen LogP contribution in [-0.4, -0.2) is 35.4 Å². The Hall–Kier alpha value is -2.75. The number of piperidine rings is 1. The van der Waals surface area contributed by atoms with Crippen molar-refractivity contribution in [2.75, 3.05) is 19.6 Å². The molecule has 3 aromatic rings. The van der Waals surface area contributed by atoms with Crippen LogP contribution in [0.3, 0.4) is 0 Å². The van der Waals surface area contributed by atoms with E-state index in [9.17, 15) is 9.90 Å². The highest BCUT2D eigenvalue weighted by molar-refractivity contribution is 5.96. The van der Waals surface area contributed by atoms with E-state index in [2.05, 4.69) is 24.0 Å². The van der Waals surface area contributed by atoms with Gasteiger partial charge in [0.15, 0.2) is 5.78 Å². The van der Waals surface area contributed by atoms with Crippen molar-refractivity contribution in [2.24, 2.45) is 5.92 Å². The van der Waals surface area contributed by atoms with Crippen LogP contribution in [0.4, 0.5) is 0 Å². The van der Waals surface area contributed by atoms with Crippen molar-refractivity contribution in [1.29, 1.82) is 0 Å². The largest absolute Gasteiger partial charge is 0.380 e. The van der Waals surface area contributed by atoms with Crippen molar-refractivity contribution in [3.05, 3.63) is 107 Å². The topological polar surface area (TPSA) is 40.5 Å². The fourth-order valence-corrected chi connectivity index (χ4v) is 5.51. The molecule has 0 radical (unpaired) electrons. The minimum absolute atomic E-state index is 0.181. The zero-order valence-corrected chi connectivity index (χ0v) is 21.0. The molecule has 3 heteroatoms. The van der Waals surface area contributed by atoms with Crippen molar-refractivity contribution in [3.8, 4) is 0 Å². The predicted octanol–water partition coefficient (Wildman–Crippen LogP) is 6.64. The molecule has 0 atom stereocenters. The number of nitrogens with zero attached hydrogens (tertiary/aromatic N) is 1. The van der Waals surface area contributed by atoms with E-state index in [1.54, 1.807) is 0 Å². The summed E-state index contributed by atoms with van der Waals surface area (Å²) in [4.78, 5) is 15.0. The molecule has 1 heterocycles. The second-order valence-corrected chi connectivity index (χ2v) is 9.94. The number of ketones is 1. The lowest BCUT2D eigenvalue weighted by Gasteiger charge is -2.42. The first-order valence-electron chi connectivity index (χ1n) is 13.3. The molecule has 0 unspecified atom stereocenters. The van der Waals surface area contributed by atoms with Crippen molar-refractivity contribution >= 4 is 5.78 Å². The first-order chi connectivity index (χ1) is 17.1. The summed E-state index contributed by atoms with van der Waals surface area (Å²) in [6.07, 6.45) is 6.69. The summed E-state index contributed by atoms with van der Waals surface area (Å²) in [5, 5.41) is 12.0. The van der Waals surface area contributed by atoms with Gasteiger partial charge in [0.2, 0.25) is 0 Å². The molecule has 1 aliphatic heterocycles. The lowest BCUT2D eigenvalue weighted by atomic mass is 9.72. The van der Waals surface area contributed by atoms with E-state index in [1.165, 1.54) is 5.56 Å². The van der Waals surface area contributed by atoms with Crippen LogP contribution in [0.2, 0.25) is 0 Å². The van der Waals surface area contributed by atoms with Crippen LogP contribution in [0, 0.1) is 5.92 Å². The molecule has 0 aliphatic carbocycles. The lowest BCUT2D eigenvalue weighted by Crippen LogP contribution is -2.44. The van der Waals surface area contributed by atoms with Crippen molar-refractivity contribution in [1.82, 2.24) is 4.90 Å². The van der Waals surface area contributed by atoms with Gasteiger partial charge in [-0.15, -0.1) is 0 Å². The van der Waals surface area contributed by atoms with Gasteiger partial charge in [-0.2, -0.15) is 0 Å². The molecule has 1 saturated heterocycles. The smallest absolute Gasteiger partial charge is 0.162 e. The molecular formula is C32H39NO2. The van der Waals surface area contributed by atoms with Crippen molar-refractivity contribution in [3.63, 3.8) is 0 Å².